The Hall–Kier alpha value is -6.01. The molecule has 6 aromatic rings. The molecule has 0 saturated carbocycles. The van der Waals surface area contributed by atoms with Crippen molar-refractivity contribution in [3.8, 4) is 28.7 Å². The van der Waals surface area contributed by atoms with E-state index in [1.54, 1.807) is 0 Å². The smallest absolute Gasteiger partial charge is 0.162 e. The van der Waals surface area contributed by atoms with Crippen LogP contribution in [0.25, 0.3) is 0 Å². The summed E-state index contributed by atoms with van der Waals surface area (Å²) >= 11 is 0. The van der Waals surface area contributed by atoms with E-state index in [9.17, 15) is 0 Å². The minimum absolute atomic E-state index is 0.402. The molecule has 1 atom stereocenters. The number of ether oxygens (including phenoxy) is 5. The summed E-state index contributed by atoms with van der Waals surface area (Å²) in [7, 11) is 1.81. The average Bonchev–Trinajstić information content (AvgIpc) is 3.18. The molecular formula is C44H39NO5. The van der Waals surface area contributed by atoms with Crippen LogP contribution in [-0.4, -0.2) is 12.8 Å². The van der Waals surface area contributed by atoms with E-state index in [1.165, 1.54) is 0 Å². The van der Waals surface area contributed by atoms with E-state index < -0.39 is 6.10 Å². The summed E-state index contributed by atoms with van der Waals surface area (Å²) in [5.41, 5.74) is 7.03. The van der Waals surface area contributed by atoms with Crippen molar-refractivity contribution < 1.29 is 23.7 Å². The summed E-state index contributed by atoms with van der Waals surface area (Å²) in [6.07, 6.45) is 0.118. The predicted octanol–water partition coefficient (Wildman–Crippen LogP) is 9.75. The lowest BCUT2D eigenvalue weighted by atomic mass is 9.94. The van der Waals surface area contributed by atoms with E-state index in [0.717, 1.165) is 39.1 Å². The summed E-state index contributed by atoms with van der Waals surface area (Å²) in [4.78, 5) is 4.72. The molecule has 50 heavy (non-hydrogen) atoms. The molecule has 0 unspecified atom stereocenters. The number of benzene rings is 6. The predicted molar refractivity (Wildman–Crippen MR) is 196 cm³/mol. The summed E-state index contributed by atoms with van der Waals surface area (Å²) in [5.74, 6) is 3.38. The number of aliphatic imine (C=N–C) groups is 1. The minimum Gasteiger partial charge on any atom is -0.489 e. The highest BCUT2D eigenvalue weighted by Gasteiger charge is 2.31. The second-order valence-corrected chi connectivity index (χ2v) is 12.1. The molecule has 7 rings (SSSR count). The van der Waals surface area contributed by atoms with E-state index in [1.807, 2.05) is 147 Å². The molecule has 0 spiro atoms. The van der Waals surface area contributed by atoms with Gasteiger partial charge < -0.3 is 23.7 Å². The maximum atomic E-state index is 6.81. The van der Waals surface area contributed by atoms with Crippen molar-refractivity contribution in [2.24, 2.45) is 4.99 Å². The zero-order valence-corrected chi connectivity index (χ0v) is 28.0. The third kappa shape index (κ3) is 8.16. The highest BCUT2D eigenvalue weighted by Crippen LogP contribution is 2.43. The van der Waals surface area contributed by atoms with Gasteiger partial charge in [-0.3, -0.25) is 4.99 Å². The quantitative estimate of drug-likeness (QED) is 0.123. The maximum absolute atomic E-state index is 6.81. The number of fused-ring (bicyclic) bond motifs is 1. The van der Waals surface area contributed by atoms with Gasteiger partial charge in [0.05, 0.1) is 5.71 Å². The Morgan fingerprint density at radius 1 is 0.520 bits per heavy atom. The van der Waals surface area contributed by atoms with Gasteiger partial charge in [0, 0.05) is 36.7 Å². The summed E-state index contributed by atoms with van der Waals surface area (Å²) in [6.45, 7) is 1.67. The fourth-order valence-electron chi connectivity index (χ4n) is 5.88. The first kappa shape index (κ1) is 32.5. The molecule has 1 aliphatic rings. The van der Waals surface area contributed by atoms with Gasteiger partial charge in [-0.2, -0.15) is 0 Å². The molecule has 0 saturated heterocycles. The highest BCUT2D eigenvalue weighted by molar-refractivity contribution is 5.94. The van der Waals surface area contributed by atoms with Crippen LogP contribution in [0.3, 0.4) is 0 Å². The number of nitrogens with zero attached hydrogens (tertiary/aromatic N) is 1. The zero-order valence-electron chi connectivity index (χ0n) is 28.0. The van der Waals surface area contributed by atoms with Gasteiger partial charge in [-0.15, -0.1) is 0 Å². The molecule has 1 aliphatic heterocycles. The summed E-state index contributed by atoms with van der Waals surface area (Å²) < 4.78 is 32.2. The van der Waals surface area contributed by atoms with Crippen molar-refractivity contribution in [2.75, 3.05) is 7.05 Å². The van der Waals surface area contributed by atoms with Gasteiger partial charge in [-0.1, -0.05) is 127 Å². The number of hydrogen-bond acceptors (Lipinski definition) is 6. The molecule has 6 heteroatoms. The lowest BCUT2D eigenvalue weighted by Gasteiger charge is -2.30. The van der Waals surface area contributed by atoms with Gasteiger partial charge in [0.25, 0.3) is 0 Å². The van der Waals surface area contributed by atoms with E-state index in [0.29, 0.717) is 61.6 Å². The molecule has 0 fully saturated rings. The largest absolute Gasteiger partial charge is 0.489 e. The third-order valence-corrected chi connectivity index (χ3v) is 8.56. The van der Waals surface area contributed by atoms with Crippen LogP contribution in [0.2, 0.25) is 0 Å². The first-order valence-electron chi connectivity index (χ1n) is 16.8. The average molecular weight is 662 g/mol. The monoisotopic (exact) mass is 661 g/mol. The topological polar surface area (TPSA) is 58.5 Å². The fourth-order valence-corrected chi connectivity index (χ4v) is 5.88. The van der Waals surface area contributed by atoms with Crippen LogP contribution in [0.1, 0.15) is 39.5 Å². The van der Waals surface area contributed by atoms with E-state index >= 15 is 0 Å². The first-order chi connectivity index (χ1) is 24.7. The van der Waals surface area contributed by atoms with Crippen LogP contribution in [0, 0.1) is 0 Å². The molecule has 6 aromatic carbocycles. The Kier molecular flexibility index (Phi) is 10.4. The van der Waals surface area contributed by atoms with Gasteiger partial charge in [-0.05, 0) is 34.4 Å². The van der Waals surface area contributed by atoms with Crippen LogP contribution in [0.5, 0.6) is 28.7 Å². The van der Waals surface area contributed by atoms with Crippen molar-refractivity contribution >= 4 is 5.71 Å². The summed E-state index contributed by atoms with van der Waals surface area (Å²) in [5, 5.41) is 0. The molecule has 0 N–H and O–H groups in total. The maximum Gasteiger partial charge on any atom is 0.162 e. The Morgan fingerprint density at radius 2 is 1.00 bits per heavy atom. The van der Waals surface area contributed by atoms with Crippen molar-refractivity contribution in [1.29, 1.82) is 0 Å². The molecule has 250 valence electrons. The third-order valence-electron chi connectivity index (χ3n) is 8.56. The van der Waals surface area contributed by atoms with Crippen LogP contribution in [0.4, 0.5) is 0 Å². The Labute approximate surface area is 293 Å². The molecule has 0 amide bonds. The molecule has 6 nitrogen and oxygen atoms in total. The normalized spacial score (nSPS) is 14.3. The second kappa shape index (κ2) is 15.9. The standard InChI is InChI=1S/C44H39NO5/c1-45-39-27-38-41(48-30-34-18-10-4-11-19-34)25-37(46-28-32-14-6-2-7-15-32)26-42(38)50-44(39)36-22-23-40(47-29-33-16-8-3-9-17-33)43(24-36)49-31-35-20-12-5-13-21-35/h2-26,44H,27-31H2,1H3/t44-/m1/s1. The van der Waals surface area contributed by atoms with E-state index in [-0.39, 0.29) is 0 Å². The van der Waals surface area contributed by atoms with Crippen LogP contribution >= 0.6 is 0 Å². The molecule has 1 heterocycles. The highest BCUT2D eigenvalue weighted by atomic mass is 16.5. The molecule has 0 radical (unpaired) electrons. The minimum atomic E-state index is -0.443. The van der Waals surface area contributed by atoms with Crippen LogP contribution < -0.4 is 23.7 Å². The Bertz CT molecular complexity index is 2020. The van der Waals surface area contributed by atoms with Crippen molar-refractivity contribution in [2.45, 2.75) is 39.0 Å². The van der Waals surface area contributed by atoms with Gasteiger partial charge in [0.2, 0.25) is 0 Å². The van der Waals surface area contributed by atoms with Crippen LogP contribution in [-0.2, 0) is 32.8 Å². The molecular weight excluding hydrogens is 622 g/mol. The van der Waals surface area contributed by atoms with E-state index in [2.05, 4.69) is 12.1 Å². The first-order valence-corrected chi connectivity index (χ1v) is 16.8. The van der Waals surface area contributed by atoms with Gasteiger partial charge in [0.1, 0.15) is 43.7 Å². The second-order valence-electron chi connectivity index (χ2n) is 12.1. The number of hydrogen-bond donors (Lipinski definition) is 0. The SMILES string of the molecule is CN=C1Cc2c(OCc3ccccc3)cc(OCc3ccccc3)cc2O[C@@H]1c1ccc(OCc2ccccc2)c(OCc2ccccc2)c1. The van der Waals surface area contributed by atoms with Gasteiger partial charge >= 0.3 is 0 Å². The van der Waals surface area contributed by atoms with Crippen molar-refractivity contribution in [1.82, 2.24) is 0 Å². The van der Waals surface area contributed by atoms with Crippen molar-refractivity contribution in [3.05, 3.63) is 185 Å². The lowest BCUT2D eigenvalue weighted by Crippen LogP contribution is -2.26. The van der Waals surface area contributed by atoms with Gasteiger partial charge in [0.15, 0.2) is 17.6 Å². The van der Waals surface area contributed by atoms with Crippen LogP contribution in [0.15, 0.2) is 157 Å². The van der Waals surface area contributed by atoms with Crippen molar-refractivity contribution in [3.63, 3.8) is 0 Å². The number of rotatable bonds is 13. The Morgan fingerprint density at radius 3 is 1.52 bits per heavy atom. The molecule has 0 bridgehead atoms. The lowest BCUT2D eigenvalue weighted by molar-refractivity contribution is 0.240. The molecule has 0 aliphatic carbocycles. The Balaban J connectivity index is 1.19. The van der Waals surface area contributed by atoms with E-state index in [4.69, 9.17) is 28.7 Å². The molecule has 0 aromatic heterocycles. The zero-order chi connectivity index (χ0) is 34.0. The fraction of sp³-hybridized carbons (Fsp3) is 0.159. The summed E-state index contributed by atoms with van der Waals surface area (Å²) in [6, 6.07) is 50.4. The van der Waals surface area contributed by atoms with Gasteiger partial charge in [-0.25, -0.2) is 0 Å².